The molecule has 0 saturated heterocycles. The second-order valence-corrected chi connectivity index (χ2v) is 4.88. The Morgan fingerprint density at radius 2 is 2.05 bits per heavy atom. The minimum atomic E-state index is -0.170. The van der Waals surface area contributed by atoms with Gasteiger partial charge < -0.3 is 15.0 Å². The minimum absolute atomic E-state index is 0.170. The van der Waals surface area contributed by atoms with Gasteiger partial charge in [0.05, 0.1) is 12.8 Å². The van der Waals surface area contributed by atoms with Gasteiger partial charge in [0.15, 0.2) is 0 Å². The molecule has 112 valence electrons. The van der Waals surface area contributed by atoms with Gasteiger partial charge in [-0.2, -0.15) is 0 Å². The third-order valence-electron chi connectivity index (χ3n) is 2.97. The van der Waals surface area contributed by atoms with E-state index in [1.54, 1.807) is 10.7 Å². The second kappa shape index (κ2) is 6.90. The zero-order valence-electron chi connectivity index (χ0n) is 12.5. The summed E-state index contributed by atoms with van der Waals surface area (Å²) in [4.78, 5) is 14.3. The summed E-state index contributed by atoms with van der Waals surface area (Å²) >= 11 is 0. The summed E-state index contributed by atoms with van der Waals surface area (Å²) < 4.78 is 6.72. The zero-order chi connectivity index (χ0) is 15.2. The molecule has 0 aliphatic carbocycles. The topological polar surface area (TPSA) is 59.4 Å². The molecule has 6 heteroatoms. The second-order valence-electron chi connectivity index (χ2n) is 4.88. The molecule has 0 aliphatic rings. The molecule has 0 radical (unpaired) electrons. The molecule has 21 heavy (non-hydrogen) atoms. The fourth-order valence-electron chi connectivity index (χ4n) is 1.87. The van der Waals surface area contributed by atoms with Gasteiger partial charge in [-0.1, -0.05) is 18.2 Å². The first-order valence-electron chi connectivity index (χ1n) is 6.74. The van der Waals surface area contributed by atoms with Crippen LogP contribution in [-0.2, 0) is 0 Å². The van der Waals surface area contributed by atoms with Crippen LogP contribution in [0.3, 0.4) is 0 Å². The number of rotatable bonds is 6. The lowest BCUT2D eigenvalue weighted by molar-refractivity contribution is 0.0943. The average molecular weight is 288 g/mol. The predicted octanol–water partition coefficient (Wildman–Crippen LogP) is 1.17. The van der Waals surface area contributed by atoms with Crippen LogP contribution in [0.15, 0.2) is 36.4 Å². The van der Waals surface area contributed by atoms with E-state index in [0.29, 0.717) is 18.1 Å². The summed E-state index contributed by atoms with van der Waals surface area (Å²) in [5.74, 6) is 0.244. The number of carbonyl (C=O) groups is 1. The number of aromatic nitrogens is 2. The van der Waals surface area contributed by atoms with Crippen LogP contribution in [0.5, 0.6) is 5.88 Å². The Morgan fingerprint density at radius 1 is 1.33 bits per heavy atom. The van der Waals surface area contributed by atoms with Crippen LogP contribution in [0.2, 0.25) is 0 Å². The number of ether oxygens (including phenoxy) is 1. The van der Waals surface area contributed by atoms with E-state index in [-0.39, 0.29) is 5.91 Å². The first-order chi connectivity index (χ1) is 10.1. The standard InChI is InChI=1S/C15H20N4O2/c1-18(2)10-9-16-15(20)13-11-14(21-3)17-19(13)12-7-5-4-6-8-12/h4-8,11H,9-10H2,1-3H3,(H,16,20). The number of methoxy groups -OCH3 is 1. The molecule has 1 heterocycles. The van der Waals surface area contributed by atoms with E-state index in [9.17, 15) is 4.79 Å². The molecule has 0 saturated carbocycles. The summed E-state index contributed by atoms with van der Waals surface area (Å²) in [6.45, 7) is 1.36. The highest BCUT2D eigenvalue weighted by atomic mass is 16.5. The van der Waals surface area contributed by atoms with Crippen molar-refractivity contribution in [3.8, 4) is 11.6 Å². The molecule has 0 atom stereocenters. The number of amides is 1. The molecule has 0 fully saturated rings. The summed E-state index contributed by atoms with van der Waals surface area (Å²) in [6, 6.07) is 11.1. The van der Waals surface area contributed by atoms with Gasteiger partial charge in [0.2, 0.25) is 5.88 Å². The van der Waals surface area contributed by atoms with E-state index in [1.807, 2.05) is 49.3 Å². The maximum absolute atomic E-state index is 12.3. The Labute approximate surface area is 124 Å². The van der Waals surface area contributed by atoms with Crippen molar-refractivity contribution in [2.45, 2.75) is 0 Å². The molecule has 2 rings (SSSR count). The number of benzene rings is 1. The van der Waals surface area contributed by atoms with Crippen molar-refractivity contribution in [1.82, 2.24) is 20.0 Å². The van der Waals surface area contributed by atoms with Crippen LogP contribution in [0.25, 0.3) is 5.69 Å². The molecule has 0 spiro atoms. The Kier molecular flexibility index (Phi) is 4.94. The quantitative estimate of drug-likeness (QED) is 0.867. The fraction of sp³-hybridized carbons (Fsp3) is 0.333. The number of nitrogens with one attached hydrogen (secondary N) is 1. The highest BCUT2D eigenvalue weighted by molar-refractivity contribution is 5.93. The third-order valence-corrected chi connectivity index (χ3v) is 2.97. The van der Waals surface area contributed by atoms with Crippen molar-refractivity contribution in [2.24, 2.45) is 0 Å². The lowest BCUT2D eigenvalue weighted by Gasteiger charge is -2.11. The summed E-state index contributed by atoms with van der Waals surface area (Å²) in [6.07, 6.45) is 0. The highest BCUT2D eigenvalue weighted by Crippen LogP contribution is 2.16. The van der Waals surface area contributed by atoms with Gasteiger partial charge in [0.1, 0.15) is 5.69 Å². The van der Waals surface area contributed by atoms with Gasteiger partial charge in [-0.15, -0.1) is 5.10 Å². The number of hydrogen-bond donors (Lipinski definition) is 1. The maximum Gasteiger partial charge on any atom is 0.270 e. The lowest BCUT2D eigenvalue weighted by Crippen LogP contribution is -2.32. The lowest BCUT2D eigenvalue weighted by atomic mass is 10.3. The average Bonchev–Trinajstić information content (AvgIpc) is 2.92. The van der Waals surface area contributed by atoms with E-state index in [1.165, 1.54) is 7.11 Å². The smallest absolute Gasteiger partial charge is 0.270 e. The highest BCUT2D eigenvalue weighted by Gasteiger charge is 2.16. The number of carbonyl (C=O) groups excluding carboxylic acids is 1. The predicted molar refractivity (Wildman–Crippen MR) is 81.0 cm³/mol. The molecular weight excluding hydrogens is 268 g/mol. The first kappa shape index (κ1) is 15.1. The van der Waals surface area contributed by atoms with Gasteiger partial charge in [-0.3, -0.25) is 4.79 Å². The van der Waals surface area contributed by atoms with Crippen LogP contribution in [0, 0.1) is 0 Å². The van der Waals surface area contributed by atoms with Gasteiger partial charge >= 0.3 is 0 Å². The van der Waals surface area contributed by atoms with Gasteiger partial charge in [0.25, 0.3) is 5.91 Å². The SMILES string of the molecule is COc1cc(C(=O)NCCN(C)C)n(-c2ccccc2)n1. The van der Waals surface area contributed by atoms with Gasteiger partial charge in [-0.05, 0) is 26.2 Å². The van der Waals surface area contributed by atoms with Crippen molar-refractivity contribution >= 4 is 5.91 Å². The van der Waals surface area contributed by atoms with E-state index in [2.05, 4.69) is 10.4 Å². The van der Waals surface area contributed by atoms with Crippen LogP contribution in [0.4, 0.5) is 0 Å². The Balaban J connectivity index is 2.22. The van der Waals surface area contributed by atoms with Crippen LogP contribution < -0.4 is 10.1 Å². The van der Waals surface area contributed by atoms with Crippen LogP contribution in [-0.4, -0.2) is 54.9 Å². The van der Waals surface area contributed by atoms with Crippen LogP contribution in [0.1, 0.15) is 10.5 Å². The van der Waals surface area contributed by atoms with Crippen LogP contribution >= 0.6 is 0 Å². The van der Waals surface area contributed by atoms with E-state index in [0.717, 1.165) is 12.2 Å². The molecular formula is C15H20N4O2. The van der Waals surface area contributed by atoms with E-state index < -0.39 is 0 Å². The molecule has 1 aromatic heterocycles. The minimum Gasteiger partial charge on any atom is -0.480 e. The zero-order valence-corrected chi connectivity index (χ0v) is 12.5. The van der Waals surface area contributed by atoms with Crippen molar-refractivity contribution < 1.29 is 9.53 Å². The van der Waals surface area contributed by atoms with Crippen molar-refractivity contribution in [1.29, 1.82) is 0 Å². The van der Waals surface area contributed by atoms with Gasteiger partial charge in [0, 0.05) is 19.2 Å². The van der Waals surface area contributed by atoms with E-state index in [4.69, 9.17) is 4.74 Å². The Morgan fingerprint density at radius 3 is 2.67 bits per heavy atom. The number of likely N-dealkylation sites (N-methyl/N-ethyl adjacent to an activating group) is 1. The monoisotopic (exact) mass is 288 g/mol. The molecule has 1 N–H and O–H groups in total. The molecule has 0 bridgehead atoms. The molecule has 1 aromatic carbocycles. The van der Waals surface area contributed by atoms with Crippen molar-refractivity contribution in [2.75, 3.05) is 34.3 Å². The number of hydrogen-bond acceptors (Lipinski definition) is 4. The molecule has 0 unspecified atom stereocenters. The molecule has 1 amide bonds. The maximum atomic E-state index is 12.3. The van der Waals surface area contributed by atoms with Gasteiger partial charge in [-0.25, -0.2) is 4.68 Å². The summed E-state index contributed by atoms with van der Waals surface area (Å²) in [5.41, 5.74) is 1.27. The van der Waals surface area contributed by atoms with Crippen molar-refractivity contribution in [3.05, 3.63) is 42.1 Å². The summed E-state index contributed by atoms with van der Waals surface area (Å²) in [5, 5.41) is 7.17. The number of nitrogens with zero attached hydrogens (tertiary/aromatic N) is 3. The number of para-hydroxylation sites is 1. The Bertz CT molecular complexity index is 593. The Hall–Kier alpha value is -2.34. The normalized spacial score (nSPS) is 10.7. The third kappa shape index (κ3) is 3.82. The first-order valence-corrected chi connectivity index (χ1v) is 6.74. The fourth-order valence-corrected chi connectivity index (χ4v) is 1.87. The molecule has 2 aromatic rings. The van der Waals surface area contributed by atoms with E-state index >= 15 is 0 Å². The molecule has 6 nitrogen and oxygen atoms in total. The van der Waals surface area contributed by atoms with Crippen molar-refractivity contribution in [3.63, 3.8) is 0 Å². The largest absolute Gasteiger partial charge is 0.480 e. The summed E-state index contributed by atoms with van der Waals surface area (Å²) in [7, 11) is 5.46. The molecule has 0 aliphatic heterocycles.